The Balaban J connectivity index is 2.47. The molecular formula is C14H31N5OS. The van der Waals surface area contributed by atoms with Crippen LogP contribution < -0.4 is 21.7 Å². The van der Waals surface area contributed by atoms with Crippen LogP contribution in [0.2, 0.25) is 0 Å². The van der Waals surface area contributed by atoms with E-state index >= 15 is 0 Å². The largest absolute Gasteiger partial charge is 0.341 e. The average molecular weight is 318 g/mol. The van der Waals surface area contributed by atoms with E-state index in [9.17, 15) is 4.79 Å². The van der Waals surface area contributed by atoms with Gasteiger partial charge in [0.2, 0.25) is 0 Å². The summed E-state index contributed by atoms with van der Waals surface area (Å²) in [6, 6.07) is 0.605. The zero-order valence-electron chi connectivity index (χ0n) is 13.5. The second-order valence-electron chi connectivity index (χ2n) is 5.80. The number of nitrogens with zero attached hydrogens (tertiary/aromatic N) is 1. The highest BCUT2D eigenvalue weighted by Crippen LogP contribution is 2.19. The van der Waals surface area contributed by atoms with E-state index in [0.29, 0.717) is 18.5 Å². The lowest BCUT2D eigenvalue weighted by molar-refractivity contribution is 0.215. The standard InChI is InChI=1S/C14H31N5OS/c1-11(7-15)9-19-10-12(18-14(20)16-2)6-13(19)8-17-4-5-21-3/h11-13,17H,4-10,15H2,1-3H3,(H2,16,18,20)/t11-,12+,13-/m0/s1. The van der Waals surface area contributed by atoms with Gasteiger partial charge in [-0.3, -0.25) is 4.90 Å². The fourth-order valence-electron chi connectivity index (χ4n) is 2.70. The quantitative estimate of drug-likeness (QED) is 0.447. The van der Waals surface area contributed by atoms with Crippen LogP contribution in [0.25, 0.3) is 0 Å². The minimum Gasteiger partial charge on any atom is -0.341 e. The molecule has 0 unspecified atom stereocenters. The van der Waals surface area contributed by atoms with E-state index in [1.807, 2.05) is 11.8 Å². The van der Waals surface area contributed by atoms with Crippen LogP contribution in [-0.2, 0) is 0 Å². The molecule has 21 heavy (non-hydrogen) atoms. The van der Waals surface area contributed by atoms with Gasteiger partial charge in [-0.15, -0.1) is 0 Å². The summed E-state index contributed by atoms with van der Waals surface area (Å²) < 4.78 is 0. The van der Waals surface area contributed by atoms with Crippen molar-refractivity contribution in [2.45, 2.75) is 25.4 Å². The number of carbonyl (C=O) groups excluding carboxylic acids is 1. The van der Waals surface area contributed by atoms with E-state index in [2.05, 4.69) is 34.0 Å². The average Bonchev–Trinajstić information content (AvgIpc) is 2.84. The normalized spacial score (nSPS) is 24.0. The molecule has 6 nitrogen and oxygen atoms in total. The van der Waals surface area contributed by atoms with Gasteiger partial charge < -0.3 is 21.7 Å². The fourth-order valence-corrected chi connectivity index (χ4v) is 3.05. The Kier molecular flexibility index (Phi) is 9.07. The van der Waals surface area contributed by atoms with Gasteiger partial charge in [-0.05, 0) is 25.1 Å². The molecule has 0 aromatic heterocycles. The maximum atomic E-state index is 11.5. The van der Waals surface area contributed by atoms with E-state index in [0.717, 1.165) is 38.4 Å². The molecule has 0 spiro atoms. The van der Waals surface area contributed by atoms with Gasteiger partial charge in [-0.2, -0.15) is 11.8 Å². The van der Waals surface area contributed by atoms with Gasteiger partial charge in [-0.1, -0.05) is 6.92 Å². The van der Waals surface area contributed by atoms with Gasteiger partial charge >= 0.3 is 6.03 Å². The van der Waals surface area contributed by atoms with Crippen molar-refractivity contribution in [3.8, 4) is 0 Å². The molecule has 1 rings (SSSR count). The second-order valence-corrected chi connectivity index (χ2v) is 6.79. The highest BCUT2D eigenvalue weighted by molar-refractivity contribution is 7.98. The van der Waals surface area contributed by atoms with E-state index in [4.69, 9.17) is 5.73 Å². The first-order valence-electron chi connectivity index (χ1n) is 7.72. The summed E-state index contributed by atoms with van der Waals surface area (Å²) in [5.74, 6) is 1.61. The second kappa shape index (κ2) is 10.3. The molecule has 1 aliphatic heterocycles. The Morgan fingerprint density at radius 2 is 2.29 bits per heavy atom. The third kappa shape index (κ3) is 6.86. The van der Waals surface area contributed by atoms with E-state index in [-0.39, 0.29) is 12.1 Å². The minimum atomic E-state index is -0.0946. The molecule has 1 fully saturated rings. The van der Waals surface area contributed by atoms with Crippen molar-refractivity contribution >= 4 is 17.8 Å². The van der Waals surface area contributed by atoms with E-state index < -0.39 is 0 Å². The van der Waals surface area contributed by atoms with Crippen molar-refractivity contribution in [1.82, 2.24) is 20.9 Å². The molecule has 0 aromatic carbocycles. The van der Waals surface area contributed by atoms with Gasteiger partial charge in [0.05, 0.1) is 0 Å². The van der Waals surface area contributed by atoms with Gasteiger partial charge in [0.15, 0.2) is 0 Å². The molecule has 7 heteroatoms. The predicted octanol–water partition coefficient (Wildman–Crippen LogP) is -0.0943. The lowest BCUT2D eigenvalue weighted by Gasteiger charge is -2.27. The molecule has 2 amide bonds. The van der Waals surface area contributed by atoms with E-state index in [1.165, 1.54) is 0 Å². The highest BCUT2D eigenvalue weighted by Gasteiger charge is 2.32. The molecule has 5 N–H and O–H groups in total. The number of rotatable bonds is 9. The fraction of sp³-hybridized carbons (Fsp3) is 0.929. The summed E-state index contributed by atoms with van der Waals surface area (Å²) in [6.07, 6.45) is 3.12. The predicted molar refractivity (Wildman–Crippen MR) is 90.8 cm³/mol. The number of thioether (sulfide) groups is 1. The maximum Gasteiger partial charge on any atom is 0.314 e. The molecule has 1 saturated heterocycles. The Labute approximate surface area is 133 Å². The highest BCUT2D eigenvalue weighted by atomic mass is 32.2. The molecule has 3 atom stereocenters. The van der Waals surface area contributed by atoms with Crippen molar-refractivity contribution < 1.29 is 4.79 Å². The van der Waals surface area contributed by atoms with Crippen LogP contribution in [0.4, 0.5) is 4.79 Å². The number of urea groups is 1. The molecule has 0 bridgehead atoms. The van der Waals surface area contributed by atoms with Crippen molar-refractivity contribution in [2.75, 3.05) is 51.8 Å². The summed E-state index contributed by atoms with van der Waals surface area (Å²) in [5.41, 5.74) is 5.75. The first-order chi connectivity index (χ1) is 10.1. The van der Waals surface area contributed by atoms with Crippen LogP contribution >= 0.6 is 11.8 Å². The first kappa shape index (κ1) is 18.5. The van der Waals surface area contributed by atoms with E-state index in [1.54, 1.807) is 7.05 Å². The van der Waals surface area contributed by atoms with Crippen molar-refractivity contribution in [2.24, 2.45) is 11.7 Å². The topological polar surface area (TPSA) is 82.4 Å². The minimum absolute atomic E-state index is 0.0946. The number of hydrogen-bond donors (Lipinski definition) is 4. The van der Waals surface area contributed by atoms with Gasteiger partial charge in [0, 0.05) is 51.1 Å². The summed E-state index contributed by atoms with van der Waals surface area (Å²) in [6.45, 7) is 6.80. The van der Waals surface area contributed by atoms with Crippen LogP contribution in [0.15, 0.2) is 0 Å². The SMILES string of the molecule is CNC(=O)N[C@@H]1C[C@@H](CNCCSC)N(C[C@@H](C)CN)C1. The molecule has 0 aromatic rings. The molecule has 1 aliphatic rings. The van der Waals surface area contributed by atoms with Gasteiger partial charge in [-0.25, -0.2) is 4.79 Å². The number of likely N-dealkylation sites (tertiary alicyclic amines) is 1. The number of nitrogens with two attached hydrogens (primary N) is 1. The van der Waals surface area contributed by atoms with Crippen molar-refractivity contribution in [3.63, 3.8) is 0 Å². The van der Waals surface area contributed by atoms with Crippen LogP contribution in [-0.4, -0.2) is 74.8 Å². The molecule has 124 valence electrons. The number of amides is 2. The maximum absolute atomic E-state index is 11.5. The Bertz CT molecular complexity index is 305. The van der Waals surface area contributed by atoms with Crippen LogP contribution in [0, 0.1) is 5.92 Å². The number of nitrogens with one attached hydrogen (secondary N) is 3. The zero-order valence-corrected chi connectivity index (χ0v) is 14.3. The Hall–Kier alpha value is -0.500. The number of carbonyl (C=O) groups is 1. The summed E-state index contributed by atoms with van der Waals surface area (Å²) in [4.78, 5) is 13.9. The molecule has 1 heterocycles. The lowest BCUT2D eigenvalue weighted by atomic mass is 10.1. The van der Waals surface area contributed by atoms with Gasteiger partial charge in [0.25, 0.3) is 0 Å². The monoisotopic (exact) mass is 317 g/mol. The third-order valence-electron chi connectivity index (χ3n) is 3.90. The number of hydrogen-bond acceptors (Lipinski definition) is 5. The zero-order chi connectivity index (χ0) is 15.7. The molecule has 0 radical (unpaired) electrons. The first-order valence-corrected chi connectivity index (χ1v) is 9.12. The van der Waals surface area contributed by atoms with Crippen LogP contribution in [0.1, 0.15) is 13.3 Å². The van der Waals surface area contributed by atoms with Crippen LogP contribution in [0.3, 0.4) is 0 Å². The third-order valence-corrected chi connectivity index (χ3v) is 4.51. The van der Waals surface area contributed by atoms with Crippen LogP contribution in [0.5, 0.6) is 0 Å². The summed E-state index contributed by atoms with van der Waals surface area (Å²) in [5, 5.41) is 9.17. The van der Waals surface area contributed by atoms with Crippen molar-refractivity contribution in [1.29, 1.82) is 0 Å². The molecule has 0 saturated carbocycles. The summed E-state index contributed by atoms with van der Waals surface area (Å²) >= 11 is 1.85. The smallest absolute Gasteiger partial charge is 0.314 e. The Morgan fingerprint density at radius 1 is 1.52 bits per heavy atom. The summed E-state index contributed by atoms with van der Waals surface area (Å²) in [7, 11) is 1.65. The Morgan fingerprint density at radius 3 is 2.90 bits per heavy atom. The molecule has 0 aliphatic carbocycles. The lowest BCUT2D eigenvalue weighted by Crippen LogP contribution is -2.43. The van der Waals surface area contributed by atoms with Gasteiger partial charge in [0.1, 0.15) is 0 Å². The molecular weight excluding hydrogens is 286 g/mol. The van der Waals surface area contributed by atoms with Crippen molar-refractivity contribution in [3.05, 3.63) is 0 Å².